The van der Waals surface area contributed by atoms with Crippen LogP contribution in [0.1, 0.15) is 5.56 Å². The quantitative estimate of drug-likeness (QED) is 0.576. The Morgan fingerprint density at radius 2 is 2.09 bits per heavy atom. The molecule has 0 aliphatic rings. The molecule has 0 aliphatic heterocycles. The van der Waals surface area contributed by atoms with Gasteiger partial charge in [0.15, 0.2) is 5.96 Å². The molecule has 0 spiro atoms. The standard InChI is InChI=1S/C15H22N6O/c1-21(2)15(17)20-14(16)18-7-6-10-9-19-13-5-4-11(22-3)8-12(10)13/h4-5,8-9,19H,6-7H2,1-3H3,(H4,16,17,18,20). The maximum atomic E-state index is 5.74. The molecule has 7 nitrogen and oxygen atoms in total. The predicted octanol–water partition coefficient (Wildman–Crippen LogP) is 0.910. The third-order valence-corrected chi connectivity index (χ3v) is 3.32. The van der Waals surface area contributed by atoms with Crippen molar-refractivity contribution in [2.75, 3.05) is 27.7 Å². The van der Waals surface area contributed by atoms with Gasteiger partial charge in [-0.2, -0.15) is 4.99 Å². The molecule has 0 unspecified atom stereocenters. The fourth-order valence-corrected chi connectivity index (χ4v) is 2.03. The minimum Gasteiger partial charge on any atom is -0.497 e. The molecule has 0 saturated carbocycles. The van der Waals surface area contributed by atoms with Crippen LogP contribution in [-0.2, 0) is 6.42 Å². The minimum atomic E-state index is 0.184. The van der Waals surface area contributed by atoms with Crippen LogP contribution >= 0.6 is 0 Å². The van der Waals surface area contributed by atoms with Crippen LogP contribution in [0.15, 0.2) is 34.4 Å². The van der Waals surface area contributed by atoms with Crippen LogP contribution in [0.4, 0.5) is 0 Å². The number of fused-ring (bicyclic) bond motifs is 1. The molecule has 0 fully saturated rings. The zero-order valence-corrected chi connectivity index (χ0v) is 13.1. The van der Waals surface area contributed by atoms with E-state index >= 15 is 0 Å². The molecule has 0 saturated heterocycles. The molecule has 5 N–H and O–H groups in total. The Bertz CT molecular complexity index is 701. The number of H-pyrrole nitrogens is 1. The first-order valence-corrected chi connectivity index (χ1v) is 6.96. The SMILES string of the molecule is COc1ccc2[nH]cc(CCN=C(N)N=C(N)N(C)C)c2c1. The highest BCUT2D eigenvalue weighted by atomic mass is 16.5. The Labute approximate surface area is 129 Å². The highest BCUT2D eigenvalue weighted by Gasteiger charge is 2.05. The summed E-state index contributed by atoms with van der Waals surface area (Å²) in [6.07, 6.45) is 2.73. The molecule has 7 heteroatoms. The lowest BCUT2D eigenvalue weighted by molar-refractivity contribution is 0.415. The maximum absolute atomic E-state index is 5.74. The average Bonchev–Trinajstić information content (AvgIpc) is 2.89. The molecule has 0 aliphatic carbocycles. The van der Waals surface area contributed by atoms with Crippen LogP contribution < -0.4 is 16.2 Å². The monoisotopic (exact) mass is 302 g/mol. The maximum Gasteiger partial charge on any atom is 0.218 e. The third kappa shape index (κ3) is 3.69. The van der Waals surface area contributed by atoms with Gasteiger partial charge in [0.2, 0.25) is 5.96 Å². The number of nitrogens with one attached hydrogen (secondary N) is 1. The number of nitrogens with zero attached hydrogens (tertiary/aromatic N) is 3. The zero-order valence-electron chi connectivity index (χ0n) is 13.1. The predicted molar refractivity (Wildman–Crippen MR) is 90.4 cm³/mol. The molecule has 0 atom stereocenters. The molecular formula is C15H22N6O. The van der Waals surface area contributed by atoms with Crippen molar-refractivity contribution in [3.63, 3.8) is 0 Å². The topological polar surface area (TPSA) is 105 Å². The zero-order chi connectivity index (χ0) is 16.1. The summed E-state index contributed by atoms with van der Waals surface area (Å²) in [5.41, 5.74) is 13.7. The van der Waals surface area contributed by atoms with E-state index in [-0.39, 0.29) is 5.96 Å². The molecule has 0 bridgehead atoms. The van der Waals surface area contributed by atoms with Gasteiger partial charge in [-0.3, -0.25) is 4.99 Å². The summed E-state index contributed by atoms with van der Waals surface area (Å²) in [4.78, 5) is 13.1. The van der Waals surface area contributed by atoms with E-state index in [1.165, 1.54) is 0 Å². The molecule has 22 heavy (non-hydrogen) atoms. The van der Waals surface area contributed by atoms with Gasteiger partial charge < -0.3 is 26.1 Å². The number of guanidine groups is 2. The molecule has 118 valence electrons. The van der Waals surface area contributed by atoms with Crippen molar-refractivity contribution in [2.45, 2.75) is 6.42 Å². The van der Waals surface area contributed by atoms with Gasteiger partial charge >= 0.3 is 0 Å². The lowest BCUT2D eigenvalue weighted by Crippen LogP contribution is -2.32. The minimum absolute atomic E-state index is 0.184. The molecule has 1 aromatic heterocycles. The first kappa shape index (κ1) is 15.7. The van der Waals surface area contributed by atoms with Gasteiger partial charge in [0.25, 0.3) is 0 Å². The number of benzene rings is 1. The fraction of sp³-hybridized carbons (Fsp3) is 0.333. The van der Waals surface area contributed by atoms with Gasteiger partial charge in [0.1, 0.15) is 5.75 Å². The summed E-state index contributed by atoms with van der Waals surface area (Å²) in [6, 6.07) is 5.94. The van der Waals surface area contributed by atoms with Crippen molar-refractivity contribution < 1.29 is 4.74 Å². The van der Waals surface area contributed by atoms with E-state index in [1.54, 1.807) is 26.1 Å². The van der Waals surface area contributed by atoms with Crippen LogP contribution in [0.3, 0.4) is 0 Å². The highest BCUT2D eigenvalue weighted by molar-refractivity contribution is 5.93. The number of methoxy groups -OCH3 is 1. The normalized spacial score (nSPS) is 12.7. The summed E-state index contributed by atoms with van der Waals surface area (Å²) < 4.78 is 5.26. The number of aliphatic imine (C=N–C) groups is 2. The van der Waals surface area contributed by atoms with Gasteiger partial charge in [-0.15, -0.1) is 0 Å². The van der Waals surface area contributed by atoms with Crippen molar-refractivity contribution >= 4 is 22.8 Å². The smallest absolute Gasteiger partial charge is 0.218 e. The Balaban J connectivity index is 2.07. The fourth-order valence-electron chi connectivity index (χ4n) is 2.03. The van der Waals surface area contributed by atoms with Crippen LogP contribution in [0, 0.1) is 0 Å². The number of aromatic nitrogens is 1. The summed E-state index contributed by atoms with van der Waals surface area (Å²) in [7, 11) is 5.25. The van der Waals surface area contributed by atoms with Crippen molar-refractivity contribution in [3.8, 4) is 5.75 Å². The van der Waals surface area contributed by atoms with Gasteiger partial charge in [-0.25, -0.2) is 0 Å². The molecular weight excluding hydrogens is 280 g/mol. The molecule has 1 aromatic carbocycles. The van der Waals surface area contributed by atoms with Crippen molar-refractivity contribution in [1.29, 1.82) is 0 Å². The summed E-state index contributed by atoms with van der Waals surface area (Å²) >= 11 is 0. The number of aromatic amines is 1. The van der Waals surface area contributed by atoms with E-state index in [1.807, 2.05) is 24.4 Å². The number of nitrogens with two attached hydrogens (primary N) is 2. The van der Waals surface area contributed by atoms with Gasteiger partial charge in [0, 0.05) is 37.7 Å². The van der Waals surface area contributed by atoms with E-state index in [4.69, 9.17) is 16.2 Å². The molecule has 2 aromatic rings. The summed E-state index contributed by atoms with van der Waals surface area (Å²) in [5.74, 6) is 1.35. The summed E-state index contributed by atoms with van der Waals surface area (Å²) in [6.45, 7) is 0.542. The van der Waals surface area contributed by atoms with Crippen molar-refractivity contribution in [2.24, 2.45) is 21.5 Å². The Morgan fingerprint density at radius 3 is 2.77 bits per heavy atom. The van der Waals surface area contributed by atoms with Gasteiger partial charge in [0.05, 0.1) is 7.11 Å². The third-order valence-electron chi connectivity index (χ3n) is 3.32. The Hall–Kier alpha value is -2.70. The van der Waals surface area contributed by atoms with E-state index in [2.05, 4.69) is 15.0 Å². The van der Waals surface area contributed by atoms with E-state index < -0.39 is 0 Å². The lowest BCUT2D eigenvalue weighted by atomic mass is 10.1. The molecule has 0 radical (unpaired) electrons. The van der Waals surface area contributed by atoms with E-state index in [9.17, 15) is 0 Å². The van der Waals surface area contributed by atoms with E-state index in [0.29, 0.717) is 12.5 Å². The second-order valence-electron chi connectivity index (χ2n) is 5.08. The molecule has 0 amide bonds. The number of hydrogen-bond donors (Lipinski definition) is 3. The van der Waals surface area contributed by atoms with Crippen LogP contribution in [-0.4, -0.2) is 49.6 Å². The number of ether oxygens (including phenoxy) is 1. The Morgan fingerprint density at radius 1 is 1.32 bits per heavy atom. The largest absolute Gasteiger partial charge is 0.497 e. The van der Waals surface area contributed by atoms with Gasteiger partial charge in [-0.05, 0) is 30.2 Å². The molecule has 1 heterocycles. The number of hydrogen-bond acceptors (Lipinski definition) is 2. The molecule has 2 rings (SSSR count). The summed E-state index contributed by atoms with van der Waals surface area (Å²) in [5, 5.41) is 1.13. The number of rotatable bonds is 4. The van der Waals surface area contributed by atoms with Crippen molar-refractivity contribution in [1.82, 2.24) is 9.88 Å². The van der Waals surface area contributed by atoms with Crippen LogP contribution in [0.25, 0.3) is 10.9 Å². The van der Waals surface area contributed by atoms with Crippen molar-refractivity contribution in [3.05, 3.63) is 30.0 Å². The van der Waals surface area contributed by atoms with Gasteiger partial charge in [-0.1, -0.05) is 0 Å². The average molecular weight is 302 g/mol. The first-order valence-electron chi connectivity index (χ1n) is 6.96. The second kappa shape index (κ2) is 6.84. The first-order chi connectivity index (χ1) is 10.5. The van der Waals surface area contributed by atoms with Crippen LogP contribution in [0.2, 0.25) is 0 Å². The Kier molecular flexibility index (Phi) is 4.88. The highest BCUT2D eigenvalue weighted by Crippen LogP contribution is 2.23. The van der Waals surface area contributed by atoms with E-state index in [0.717, 1.165) is 28.6 Å². The van der Waals surface area contributed by atoms with Crippen LogP contribution in [0.5, 0.6) is 5.75 Å². The lowest BCUT2D eigenvalue weighted by Gasteiger charge is -2.09. The second-order valence-corrected chi connectivity index (χ2v) is 5.08.